The Morgan fingerprint density at radius 3 is 2.44 bits per heavy atom. The zero-order valence-electron chi connectivity index (χ0n) is 10.1. The van der Waals surface area contributed by atoms with Crippen LogP contribution in [0.15, 0.2) is 0 Å². The van der Waals surface area contributed by atoms with E-state index >= 15 is 0 Å². The number of piperidine rings is 2. The number of nitrogens with zero attached hydrogens (tertiary/aromatic N) is 1. The Kier molecular flexibility index (Phi) is 3.82. The van der Waals surface area contributed by atoms with Gasteiger partial charge >= 0.3 is 5.97 Å². The maximum atomic E-state index is 11.2. The second-order valence-corrected chi connectivity index (χ2v) is 5.10. The van der Waals surface area contributed by atoms with E-state index in [1.165, 1.54) is 32.8 Å². The van der Waals surface area contributed by atoms with Gasteiger partial charge in [-0.25, -0.2) is 0 Å². The molecule has 0 bridgehead atoms. The summed E-state index contributed by atoms with van der Waals surface area (Å²) in [5.74, 6) is -0.110. The average molecular weight is 226 g/mol. The van der Waals surface area contributed by atoms with Crippen LogP contribution in [0.5, 0.6) is 0 Å². The summed E-state index contributed by atoms with van der Waals surface area (Å²) in [7, 11) is 1.46. The van der Waals surface area contributed by atoms with Gasteiger partial charge in [0.2, 0.25) is 0 Å². The van der Waals surface area contributed by atoms with Gasteiger partial charge in [-0.3, -0.25) is 9.69 Å². The van der Waals surface area contributed by atoms with E-state index in [2.05, 4.69) is 10.2 Å². The van der Waals surface area contributed by atoms with E-state index in [-0.39, 0.29) is 5.97 Å². The number of carbonyl (C=O) groups excluding carboxylic acids is 1. The lowest BCUT2D eigenvalue weighted by molar-refractivity contribution is -0.142. The molecule has 0 unspecified atom stereocenters. The van der Waals surface area contributed by atoms with Crippen LogP contribution in [0.2, 0.25) is 0 Å². The molecular weight excluding hydrogens is 204 g/mol. The third-order valence-corrected chi connectivity index (χ3v) is 4.16. The Hall–Kier alpha value is -0.610. The quantitative estimate of drug-likeness (QED) is 0.701. The standard InChI is InChI=1S/C12H22N2O2/c1-16-11(15)10-14-8-4-12(5-9-14)2-6-13-7-3-12/h13H,2-10H2,1H3. The molecule has 0 atom stereocenters. The van der Waals surface area contributed by atoms with E-state index in [0.29, 0.717) is 12.0 Å². The van der Waals surface area contributed by atoms with Crippen molar-refractivity contribution in [2.75, 3.05) is 39.8 Å². The van der Waals surface area contributed by atoms with Crippen molar-refractivity contribution >= 4 is 5.97 Å². The molecule has 1 spiro atoms. The summed E-state index contributed by atoms with van der Waals surface area (Å²) in [6, 6.07) is 0. The summed E-state index contributed by atoms with van der Waals surface area (Å²) in [4.78, 5) is 13.4. The molecule has 4 nitrogen and oxygen atoms in total. The predicted molar refractivity (Wildman–Crippen MR) is 62.2 cm³/mol. The number of rotatable bonds is 2. The zero-order chi connectivity index (χ0) is 11.4. The minimum absolute atomic E-state index is 0.110. The molecule has 0 aliphatic carbocycles. The maximum absolute atomic E-state index is 11.2. The summed E-state index contributed by atoms with van der Waals surface area (Å²) in [6.45, 7) is 4.89. The number of esters is 1. The number of likely N-dealkylation sites (tertiary alicyclic amines) is 1. The largest absolute Gasteiger partial charge is 0.468 e. The van der Waals surface area contributed by atoms with Crippen LogP contribution in [0.1, 0.15) is 25.7 Å². The van der Waals surface area contributed by atoms with Gasteiger partial charge in [-0.05, 0) is 57.3 Å². The molecule has 0 saturated carbocycles. The highest BCUT2D eigenvalue weighted by Crippen LogP contribution is 2.39. The van der Waals surface area contributed by atoms with Gasteiger partial charge in [0, 0.05) is 0 Å². The lowest BCUT2D eigenvalue weighted by Gasteiger charge is -2.44. The predicted octanol–water partition coefficient (Wildman–Crippen LogP) is 0.625. The minimum Gasteiger partial charge on any atom is -0.468 e. The normalized spacial score (nSPS) is 25.6. The van der Waals surface area contributed by atoms with Gasteiger partial charge in [-0.2, -0.15) is 0 Å². The summed E-state index contributed by atoms with van der Waals surface area (Å²) < 4.78 is 4.70. The fourth-order valence-electron chi connectivity index (χ4n) is 2.89. The number of hydrogen-bond acceptors (Lipinski definition) is 4. The molecule has 2 fully saturated rings. The van der Waals surface area contributed by atoms with E-state index in [1.807, 2.05) is 0 Å². The summed E-state index contributed by atoms with van der Waals surface area (Å²) in [5, 5.41) is 3.42. The SMILES string of the molecule is COC(=O)CN1CCC2(CCNCC2)CC1. The smallest absolute Gasteiger partial charge is 0.319 e. The number of nitrogens with one attached hydrogen (secondary N) is 1. The van der Waals surface area contributed by atoms with Crippen LogP contribution < -0.4 is 5.32 Å². The molecule has 2 heterocycles. The third-order valence-electron chi connectivity index (χ3n) is 4.16. The summed E-state index contributed by atoms with van der Waals surface area (Å²) in [5.41, 5.74) is 0.567. The van der Waals surface area contributed by atoms with E-state index < -0.39 is 0 Å². The first-order valence-corrected chi connectivity index (χ1v) is 6.24. The Morgan fingerprint density at radius 2 is 1.88 bits per heavy atom. The number of carbonyl (C=O) groups is 1. The highest BCUT2D eigenvalue weighted by molar-refractivity contribution is 5.71. The van der Waals surface area contributed by atoms with Gasteiger partial charge < -0.3 is 10.1 Å². The molecule has 2 saturated heterocycles. The zero-order valence-corrected chi connectivity index (χ0v) is 10.1. The van der Waals surface area contributed by atoms with E-state index in [0.717, 1.165) is 26.2 Å². The van der Waals surface area contributed by atoms with Crippen LogP contribution >= 0.6 is 0 Å². The van der Waals surface area contributed by atoms with Crippen molar-refractivity contribution in [2.24, 2.45) is 5.41 Å². The van der Waals surface area contributed by atoms with Gasteiger partial charge in [-0.1, -0.05) is 0 Å². The van der Waals surface area contributed by atoms with Crippen molar-refractivity contribution < 1.29 is 9.53 Å². The molecule has 2 aliphatic rings. The first-order chi connectivity index (χ1) is 7.74. The first-order valence-electron chi connectivity index (χ1n) is 6.24. The van der Waals surface area contributed by atoms with Crippen LogP contribution in [0.25, 0.3) is 0 Å². The van der Waals surface area contributed by atoms with Crippen molar-refractivity contribution in [3.8, 4) is 0 Å². The molecule has 92 valence electrons. The molecule has 0 aromatic carbocycles. The van der Waals surface area contributed by atoms with Crippen LogP contribution in [0.4, 0.5) is 0 Å². The molecular formula is C12H22N2O2. The molecule has 1 N–H and O–H groups in total. The van der Waals surface area contributed by atoms with Crippen LogP contribution in [-0.2, 0) is 9.53 Å². The topological polar surface area (TPSA) is 41.6 Å². The van der Waals surface area contributed by atoms with Gasteiger partial charge in [0.05, 0.1) is 13.7 Å². The Balaban J connectivity index is 1.79. The monoisotopic (exact) mass is 226 g/mol. The fraction of sp³-hybridized carbons (Fsp3) is 0.917. The third kappa shape index (κ3) is 2.74. The van der Waals surface area contributed by atoms with Crippen molar-refractivity contribution in [2.45, 2.75) is 25.7 Å². The molecule has 0 amide bonds. The second-order valence-electron chi connectivity index (χ2n) is 5.10. The molecule has 0 aromatic heterocycles. The number of hydrogen-bond donors (Lipinski definition) is 1. The average Bonchev–Trinajstić information content (AvgIpc) is 2.33. The van der Waals surface area contributed by atoms with Crippen molar-refractivity contribution in [1.82, 2.24) is 10.2 Å². The molecule has 16 heavy (non-hydrogen) atoms. The van der Waals surface area contributed by atoms with Crippen LogP contribution in [-0.4, -0.2) is 50.7 Å². The summed E-state index contributed by atoms with van der Waals surface area (Å²) >= 11 is 0. The van der Waals surface area contributed by atoms with Gasteiger partial charge in [-0.15, -0.1) is 0 Å². The molecule has 2 aliphatic heterocycles. The highest BCUT2D eigenvalue weighted by atomic mass is 16.5. The van der Waals surface area contributed by atoms with Crippen LogP contribution in [0.3, 0.4) is 0 Å². The van der Waals surface area contributed by atoms with Gasteiger partial charge in [0.1, 0.15) is 0 Å². The molecule has 0 radical (unpaired) electrons. The van der Waals surface area contributed by atoms with Gasteiger partial charge in [0.25, 0.3) is 0 Å². The van der Waals surface area contributed by atoms with Gasteiger partial charge in [0.15, 0.2) is 0 Å². The lowest BCUT2D eigenvalue weighted by Crippen LogP contribution is -2.46. The lowest BCUT2D eigenvalue weighted by atomic mass is 9.71. The van der Waals surface area contributed by atoms with Crippen molar-refractivity contribution in [3.05, 3.63) is 0 Å². The molecule has 0 aromatic rings. The van der Waals surface area contributed by atoms with E-state index in [9.17, 15) is 4.79 Å². The van der Waals surface area contributed by atoms with Crippen molar-refractivity contribution in [1.29, 1.82) is 0 Å². The maximum Gasteiger partial charge on any atom is 0.319 e. The minimum atomic E-state index is -0.110. The Morgan fingerprint density at radius 1 is 1.25 bits per heavy atom. The Bertz CT molecular complexity index is 239. The highest BCUT2D eigenvalue weighted by Gasteiger charge is 2.35. The first kappa shape index (κ1) is 11.9. The number of ether oxygens (including phenoxy) is 1. The summed E-state index contributed by atoms with van der Waals surface area (Å²) in [6.07, 6.45) is 5.09. The Labute approximate surface area is 97.3 Å². The van der Waals surface area contributed by atoms with E-state index in [4.69, 9.17) is 4.74 Å². The van der Waals surface area contributed by atoms with Crippen LogP contribution in [0, 0.1) is 5.41 Å². The van der Waals surface area contributed by atoms with E-state index in [1.54, 1.807) is 0 Å². The number of methoxy groups -OCH3 is 1. The molecule has 2 rings (SSSR count). The molecule has 4 heteroatoms. The second kappa shape index (κ2) is 5.15. The fourth-order valence-corrected chi connectivity index (χ4v) is 2.89. The van der Waals surface area contributed by atoms with Crippen molar-refractivity contribution in [3.63, 3.8) is 0 Å².